The predicted octanol–water partition coefficient (Wildman–Crippen LogP) is 3.04. The number of rotatable bonds is 3. The zero-order valence-corrected chi connectivity index (χ0v) is 18.8. The van der Waals surface area contributed by atoms with Gasteiger partial charge in [0.2, 0.25) is 5.91 Å². The molecule has 2 aromatic heterocycles. The summed E-state index contributed by atoms with van der Waals surface area (Å²) in [5.74, 6) is -0.0138. The Labute approximate surface area is 193 Å². The maximum absolute atomic E-state index is 13.7. The lowest BCUT2D eigenvalue weighted by atomic mass is 10.0. The molecule has 4 aromatic rings. The fraction of sp³-hybridized carbons (Fsp3) is 0.200. The van der Waals surface area contributed by atoms with Crippen molar-refractivity contribution in [2.24, 2.45) is 0 Å². The number of nitriles is 1. The number of para-hydroxylation sites is 1. The minimum absolute atomic E-state index is 0.0138. The van der Waals surface area contributed by atoms with Crippen molar-refractivity contribution in [3.63, 3.8) is 0 Å². The molecule has 1 aliphatic heterocycles. The molecule has 5 rings (SSSR count). The Kier molecular flexibility index (Phi) is 5.19. The molecule has 0 aliphatic carbocycles. The molecule has 1 amide bonds. The van der Waals surface area contributed by atoms with Gasteiger partial charge in [0.15, 0.2) is 0 Å². The molecule has 3 heterocycles. The summed E-state index contributed by atoms with van der Waals surface area (Å²) >= 11 is 1.39. The van der Waals surface area contributed by atoms with Gasteiger partial charge in [0, 0.05) is 18.3 Å². The highest BCUT2D eigenvalue weighted by molar-refractivity contribution is 7.18. The van der Waals surface area contributed by atoms with Crippen LogP contribution < -0.4 is 11.2 Å². The van der Waals surface area contributed by atoms with Crippen LogP contribution in [0.25, 0.3) is 15.9 Å². The minimum Gasteiger partial charge on any atom is -0.337 e. The third-order valence-corrected chi connectivity index (χ3v) is 7.29. The molecule has 8 heteroatoms. The van der Waals surface area contributed by atoms with Gasteiger partial charge in [0.1, 0.15) is 4.83 Å². The molecule has 0 bridgehead atoms. The number of amides is 1. The Morgan fingerprint density at radius 3 is 2.55 bits per heavy atom. The fourth-order valence-electron chi connectivity index (χ4n) is 4.36. The first-order valence-corrected chi connectivity index (χ1v) is 11.4. The van der Waals surface area contributed by atoms with Crippen LogP contribution in [0.15, 0.2) is 64.2 Å². The average Bonchev–Trinajstić information content (AvgIpc) is 3.21. The van der Waals surface area contributed by atoms with E-state index in [1.165, 1.54) is 22.8 Å². The van der Waals surface area contributed by atoms with E-state index in [1.54, 1.807) is 45.9 Å². The van der Waals surface area contributed by atoms with Crippen molar-refractivity contribution in [1.82, 2.24) is 14.0 Å². The molecule has 164 valence electrons. The number of hydrogen-bond acceptors (Lipinski definition) is 5. The van der Waals surface area contributed by atoms with Crippen LogP contribution in [0, 0.1) is 11.3 Å². The van der Waals surface area contributed by atoms with Crippen molar-refractivity contribution in [1.29, 1.82) is 5.26 Å². The third kappa shape index (κ3) is 3.47. The van der Waals surface area contributed by atoms with E-state index in [0.29, 0.717) is 46.5 Å². The number of carbonyl (C=O) groups is 1. The van der Waals surface area contributed by atoms with E-state index in [4.69, 9.17) is 0 Å². The first kappa shape index (κ1) is 20.9. The predicted molar refractivity (Wildman–Crippen MR) is 127 cm³/mol. The van der Waals surface area contributed by atoms with Gasteiger partial charge in [0.25, 0.3) is 5.56 Å². The Bertz CT molecular complexity index is 1560. The van der Waals surface area contributed by atoms with Gasteiger partial charge < -0.3 is 4.90 Å². The normalized spacial score (nSPS) is 13.0. The first-order chi connectivity index (χ1) is 16.0. The van der Waals surface area contributed by atoms with Gasteiger partial charge in [-0.15, -0.1) is 11.3 Å². The summed E-state index contributed by atoms with van der Waals surface area (Å²) in [7, 11) is 0. The summed E-state index contributed by atoms with van der Waals surface area (Å²) in [6.07, 6.45) is 0.561. The minimum atomic E-state index is -0.450. The summed E-state index contributed by atoms with van der Waals surface area (Å²) < 4.78 is 2.79. The maximum Gasteiger partial charge on any atom is 0.337 e. The number of carbonyl (C=O) groups excluding carboxylic acids is 1. The van der Waals surface area contributed by atoms with Crippen molar-refractivity contribution in [2.75, 3.05) is 6.54 Å². The van der Waals surface area contributed by atoms with Gasteiger partial charge in [0.05, 0.1) is 35.8 Å². The molecule has 0 fully saturated rings. The molecule has 0 saturated heterocycles. The number of thiophene rings is 1. The summed E-state index contributed by atoms with van der Waals surface area (Å²) in [4.78, 5) is 42.5. The van der Waals surface area contributed by atoms with E-state index in [9.17, 15) is 19.6 Å². The molecule has 0 radical (unpaired) electrons. The van der Waals surface area contributed by atoms with E-state index < -0.39 is 5.69 Å². The lowest BCUT2D eigenvalue weighted by Crippen LogP contribution is -2.39. The molecule has 2 aromatic carbocycles. The third-order valence-electron chi connectivity index (χ3n) is 6.05. The van der Waals surface area contributed by atoms with Crippen molar-refractivity contribution >= 4 is 27.5 Å². The smallest absolute Gasteiger partial charge is 0.337 e. The standard InChI is InChI=1S/C25H20N4O3S/c1-16(30)27-12-11-20-21(15-27)33-24-22(20)23(31)29(19-9-3-2-4-10-19)25(32)28(24)14-18-8-6-5-7-17(18)13-26/h2-10H,11-12,14-15H2,1H3. The average molecular weight is 457 g/mol. The molecule has 0 spiro atoms. The highest BCUT2D eigenvalue weighted by atomic mass is 32.1. The van der Waals surface area contributed by atoms with Crippen molar-refractivity contribution in [3.8, 4) is 11.8 Å². The van der Waals surface area contributed by atoms with Gasteiger partial charge in [-0.3, -0.25) is 14.2 Å². The molecule has 7 nitrogen and oxygen atoms in total. The monoisotopic (exact) mass is 456 g/mol. The van der Waals surface area contributed by atoms with Crippen LogP contribution in [0.5, 0.6) is 0 Å². The lowest BCUT2D eigenvalue weighted by molar-refractivity contribution is -0.129. The quantitative estimate of drug-likeness (QED) is 0.474. The van der Waals surface area contributed by atoms with Crippen LogP contribution >= 0.6 is 11.3 Å². The van der Waals surface area contributed by atoms with Gasteiger partial charge in [-0.25, -0.2) is 9.36 Å². The van der Waals surface area contributed by atoms with Crippen molar-refractivity contribution in [2.45, 2.75) is 26.4 Å². The highest BCUT2D eigenvalue weighted by Gasteiger charge is 2.27. The van der Waals surface area contributed by atoms with E-state index in [-0.39, 0.29) is 18.0 Å². The van der Waals surface area contributed by atoms with E-state index >= 15 is 0 Å². The number of hydrogen-bond donors (Lipinski definition) is 0. The van der Waals surface area contributed by atoms with E-state index in [2.05, 4.69) is 6.07 Å². The van der Waals surface area contributed by atoms with Crippen LogP contribution in [0.4, 0.5) is 0 Å². The number of nitrogens with zero attached hydrogens (tertiary/aromatic N) is 4. The Balaban J connectivity index is 1.81. The Morgan fingerprint density at radius 1 is 1.09 bits per heavy atom. The van der Waals surface area contributed by atoms with Gasteiger partial charge in [-0.05, 0) is 35.7 Å². The second-order valence-electron chi connectivity index (χ2n) is 7.99. The van der Waals surface area contributed by atoms with Crippen LogP contribution in [-0.4, -0.2) is 26.5 Å². The summed E-state index contributed by atoms with van der Waals surface area (Å²) in [5.41, 5.74) is 1.80. The largest absolute Gasteiger partial charge is 0.337 e. The lowest BCUT2D eigenvalue weighted by Gasteiger charge is -2.25. The Hall–Kier alpha value is -3.96. The molecular weight excluding hydrogens is 436 g/mol. The van der Waals surface area contributed by atoms with Crippen LogP contribution in [0.1, 0.15) is 28.5 Å². The van der Waals surface area contributed by atoms with E-state index in [0.717, 1.165) is 10.4 Å². The van der Waals surface area contributed by atoms with Gasteiger partial charge >= 0.3 is 5.69 Å². The molecule has 0 atom stereocenters. The summed E-state index contributed by atoms with van der Waals surface area (Å²) in [5, 5.41) is 10.1. The van der Waals surface area contributed by atoms with E-state index in [1.807, 2.05) is 18.2 Å². The second kappa shape index (κ2) is 8.19. The maximum atomic E-state index is 13.7. The molecule has 0 N–H and O–H groups in total. The first-order valence-electron chi connectivity index (χ1n) is 10.6. The molecular formula is C25H20N4O3S. The van der Waals surface area contributed by atoms with Crippen molar-refractivity contribution < 1.29 is 4.79 Å². The zero-order valence-electron chi connectivity index (χ0n) is 17.9. The zero-order chi connectivity index (χ0) is 23.1. The van der Waals surface area contributed by atoms with Crippen LogP contribution in [0.2, 0.25) is 0 Å². The van der Waals surface area contributed by atoms with Crippen molar-refractivity contribution in [3.05, 3.63) is 97.0 Å². The fourth-order valence-corrected chi connectivity index (χ4v) is 5.70. The SMILES string of the molecule is CC(=O)N1CCc2c(sc3c2c(=O)n(-c2ccccc2)c(=O)n3Cc2ccccc2C#N)C1. The number of fused-ring (bicyclic) bond motifs is 3. The topological polar surface area (TPSA) is 88.1 Å². The molecule has 0 saturated carbocycles. The highest BCUT2D eigenvalue weighted by Crippen LogP contribution is 2.33. The molecule has 0 unspecified atom stereocenters. The summed E-state index contributed by atoms with van der Waals surface area (Å²) in [6.45, 7) is 2.67. The van der Waals surface area contributed by atoms with Gasteiger partial charge in [-0.2, -0.15) is 5.26 Å². The number of aromatic nitrogens is 2. The second-order valence-corrected chi connectivity index (χ2v) is 9.07. The van der Waals surface area contributed by atoms with Crippen LogP contribution in [-0.2, 0) is 24.3 Å². The molecule has 1 aliphatic rings. The Morgan fingerprint density at radius 2 is 1.82 bits per heavy atom. The van der Waals surface area contributed by atoms with Crippen LogP contribution in [0.3, 0.4) is 0 Å². The number of benzene rings is 2. The van der Waals surface area contributed by atoms with Gasteiger partial charge in [-0.1, -0.05) is 36.4 Å². The summed E-state index contributed by atoms with van der Waals surface area (Å²) in [6, 6.07) is 18.2. The molecule has 33 heavy (non-hydrogen) atoms.